The van der Waals surface area contributed by atoms with Gasteiger partial charge in [-0.3, -0.25) is 4.79 Å². The third-order valence-electron chi connectivity index (χ3n) is 3.76. The van der Waals surface area contributed by atoms with E-state index in [2.05, 4.69) is 11.4 Å². The summed E-state index contributed by atoms with van der Waals surface area (Å²) in [6.07, 6.45) is 2.91. The van der Waals surface area contributed by atoms with Crippen LogP contribution in [-0.4, -0.2) is 12.5 Å². The number of carbonyl (C=O) groups excluding carboxylic acids is 1. The standard InChI is InChI=1S/C15H18N2O/c1-12(10-16)11-17-14(18)15(8-5-9-15)13-6-3-2-4-7-13/h2-4,6-7,12H,5,8-9,11H2,1H3,(H,17,18). The van der Waals surface area contributed by atoms with Gasteiger partial charge in [-0.15, -0.1) is 0 Å². The number of hydrogen-bond donors (Lipinski definition) is 1. The van der Waals surface area contributed by atoms with E-state index in [0.29, 0.717) is 6.54 Å². The number of nitriles is 1. The lowest BCUT2D eigenvalue weighted by molar-refractivity contribution is -0.130. The van der Waals surface area contributed by atoms with Crippen molar-refractivity contribution in [3.8, 4) is 6.07 Å². The highest BCUT2D eigenvalue weighted by Gasteiger charge is 2.45. The molecular weight excluding hydrogens is 224 g/mol. The van der Waals surface area contributed by atoms with Gasteiger partial charge in [0.1, 0.15) is 0 Å². The molecule has 3 nitrogen and oxygen atoms in total. The Bertz CT molecular complexity index is 457. The van der Waals surface area contributed by atoms with Gasteiger partial charge < -0.3 is 5.32 Å². The van der Waals surface area contributed by atoms with Gasteiger partial charge >= 0.3 is 0 Å². The van der Waals surface area contributed by atoms with E-state index in [1.54, 1.807) is 0 Å². The van der Waals surface area contributed by atoms with E-state index in [9.17, 15) is 4.79 Å². The molecule has 94 valence electrons. The van der Waals surface area contributed by atoms with Crippen LogP contribution in [0.3, 0.4) is 0 Å². The highest BCUT2D eigenvalue weighted by atomic mass is 16.2. The van der Waals surface area contributed by atoms with Crippen molar-refractivity contribution in [2.45, 2.75) is 31.6 Å². The summed E-state index contributed by atoms with van der Waals surface area (Å²) >= 11 is 0. The number of nitrogens with one attached hydrogen (secondary N) is 1. The van der Waals surface area contributed by atoms with Gasteiger partial charge in [0.15, 0.2) is 0 Å². The quantitative estimate of drug-likeness (QED) is 0.881. The van der Waals surface area contributed by atoms with Crippen molar-refractivity contribution in [2.24, 2.45) is 5.92 Å². The van der Waals surface area contributed by atoms with Crippen molar-refractivity contribution in [3.63, 3.8) is 0 Å². The Balaban J connectivity index is 2.09. The first-order valence-corrected chi connectivity index (χ1v) is 6.42. The van der Waals surface area contributed by atoms with Crippen LogP contribution in [0.2, 0.25) is 0 Å². The largest absolute Gasteiger partial charge is 0.354 e. The zero-order valence-corrected chi connectivity index (χ0v) is 10.6. The highest BCUT2D eigenvalue weighted by Crippen LogP contribution is 2.43. The molecule has 18 heavy (non-hydrogen) atoms. The van der Waals surface area contributed by atoms with Crippen LogP contribution in [0.4, 0.5) is 0 Å². The molecule has 3 heteroatoms. The molecule has 1 atom stereocenters. The van der Waals surface area contributed by atoms with Gasteiger partial charge in [-0.05, 0) is 25.3 Å². The maximum Gasteiger partial charge on any atom is 0.230 e. The maximum absolute atomic E-state index is 12.3. The number of hydrogen-bond acceptors (Lipinski definition) is 2. The predicted molar refractivity (Wildman–Crippen MR) is 69.8 cm³/mol. The van der Waals surface area contributed by atoms with Crippen LogP contribution in [0, 0.1) is 17.2 Å². The molecule has 0 aromatic heterocycles. The summed E-state index contributed by atoms with van der Waals surface area (Å²) in [6, 6.07) is 12.1. The second-order valence-corrected chi connectivity index (χ2v) is 5.04. The molecule has 1 aromatic rings. The molecule has 0 heterocycles. The number of benzene rings is 1. The summed E-state index contributed by atoms with van der Waals surface area (Å²) in [5, 5.41) is 11.7. The minimum Gasteiger partial charge on any atom is -0.354 e. The van der Waals surface area contributed by atoms with E-state index in [1.807, 2.05) is 37.3 Å². The Morgan fingerprint density at radius 3 is 2.61 bits per heavy atom. The van der Waals surface area contributed by atoms with Crippen molar-refractivity contribution in [2.75, 3.05) is 6.54 Å². The smallest absolute Gasteiger partial charge is 0.230 e. The molecule has 1 amide bonds. The van der Waals surface area contributed by atoms with E-state index in [0.717, 1.165) is 24.8 Å². The average Bonchev–Trinajstić information content (AvgIpc) is 2.36. The molecule has 1 aliphatic rings. The number of nitrogens with zero attached hydrogens (tertiary/aromatic N) is 1. The zero-order valence-electron chi connectivity index (χ0n) is 10.6. The monoisotopic (exact) mass is 242 g/mol. The average molecular weight is 242 g/mol. The minimum atomic E-state index is -0.351. The Morgan fingerprint density at radius 1 is 1.44 bits per heavy atom. The molecule has 1 saturated carbocycles. The minimum absolute atomic E-state index is 0.0713. The molecule has 0 saturated heterocycles. The molecule has 0 bridgehead atoms. The van der Waals surface area contributed by atoms with E-state index in [1.165, 1.54) is 0 Å². The van der Waals surface area contributed by atoms with E-state index in [4.69, 9.17) is 5.26 Å². The van der Waals surface area contributed by atoms with E-state index in [-0.39, 0.29) is 17.2 Å². The molecule has 0 radical (unpaired) electrons. The molecule has 1 unspecified atom stereocenters. The van der Waals surface area contributed by atoms with Crippen LogP contribution in [0.15, 0.2) is 30.3 Å². The van der Waals surface area contributed by atoms with Crippen molar-refractivity contribution in [1.82, 2.24) is 5.32 Å². The fraction of sp³-hybridized carbons (Fsp3) is 0.467. The fourth-order valence-electron chi connectivity index (χ4n) is 2.39. The van der Waals surface area contributed by atoms with Gasteiger partial charge in [-0.1, -0.05) is 36.8 Å². The van der Waals surface area contributed by atoms with Gasteiger partial charge in [-0.25, -0.2) is 0 Å². The van der Waals surface area contributed by atoms with Crippen molar-refractivity contribution in [3.05, 3.63) is 35.9 Å². The molecular formula is C15H18N2O. The lowest BCUT2D eigenvalue weighted by Crippen LogP contribution is -2.50. The molecule has 1 fully saturated rings. The van der Waals surface area contributed by atoms with Crippen molar-refractivity contribution < 1.29 is 4.79 Å². The predicted octanol–water partition coefficient (Wildman–Crippen LogP) is 2.38. The first-order chi connectivity index (χ1) is 8.69. The zero-order chi connectivity index (χ0) is 13.0. The second kappa shape index (κ2) is 5.22. The summed E-state index contributed by atoms with van der Waals surface area (Å²) in [5.41, 5.74) is 0.745. The van der Waals surface area contributed by atoms with Crippen LogP contribution in [0.1, 0.15) is 31.7 Å². The first-order valence-electron chi connectivity index (χ1n) is 6.42. The lowest BCUT2D eigenvalue weighted by atomic mass is 9.64. The third-order valence-corrected chi connectivity index (χ3v) is 3.76. The van der Waals surface area contributed by atoms with E-state index >= 15 is 0 Å². The summed E-state index contributed by atoms with van der Waals surface area (Å²) in [4.78, 5) is 12.3. The maximum atomic E-state index is 12.3. The van der Waals surface area contributed by atoms with Crippen LogP contribution in [0.5, 0.6) is 0 Å². The van der Waals surface area contributed by atoms with Crippen LogP contribution < -0.4 is 5.32 Å². The van der Waals surface area contributed by atoms with Crippen LogP contribution in [-0.2, 0) is 10.2 Å². The Kier molecular flexibility index (Phi) is 3.66. The third kappa shape index (κ3) is 2.24. The van der Waals surface area contributed by atoms with Crippen molar-refractivity contribution >= 4 is 5.91 Å². The van der Waals surface area contributed by atoms with E-state index < -0.39 is 0 Å². The van der Waals surface area contributed by atoms with Crippen LogP contribution in [0.25, 0.3) is 0 Å². The topological polar surface area (TPSA) is 52.9 Å². The Labute approximate surface area is 108 Å². The first kappa shape index (κ1) is 12.6. The normalized spacial score (nSPS) is 18.2. The van der Waals surface area contributed by atoms with Crippen molar-refractivity contribution in [1.29, 1.82) is 5.26 Å². The molecule has 2 rings (SSSR count). The summed E-state index contributed by atoms with van der Waals surface area (Å²) in [6.45, 7) is 2.25. The van der Waals surface area contributed by atoms with Gasteiger partial charge in [0.25, 0.3) is 0 Å². The summed E-state index contributed by atoms with van der Waals surface area (Å²) in [5.74, 6) is -0.0658. The Hall–Kier alpha value is -1.82. The molecule has 0 aliphatic heterocycles. The van der Waals surface area contributed by atoms with Gasteiger partial charge in [-0.2, -0.15) is 5.26 Å². The SMILES string of the molecule is CC(C#N)CNC(=O)C1(c2ccccc2)CCC1. The summed E-state index contributed by atoms with van der Waals surface area (Å²) < 4.78 is 0. The van der Waals surface area contributed by atoms with Gasteiger partial charge in [0.05, 0.1) is 17.4 Å². The molecule has 1 N–H and O–H groups in total. The number of amides is 1. The number of carbonyl (C=O) groups is 1. The molecule has 1 aliphatic carbocycles. The second-order valence-electron chi connectivity index (χ2n) is 5.04. The molecule has 0 spiro atoms. The molecule has 1 aromatic carbocycles. The van der Waals surface area contributed by atoms with Gasteiger partial charge in [0.2, 0.25) is 5.91 Å². The highest BCUT2D eigenvalue weighted by molar-refractivity contribution is 5.89. The fourth-order valence-corrected chi connectivity index (χ4v) is 2.39. The number of rotatable bonds is 4. The van der Waals surface area contributed by atoms with Crippen LogP contribution >= 0.6 is 0 Å². The summed E-state index contributed by atoms with van der Waals surface area (Å²) in [7, 11) is 0. The van der Waals surface area contributed by atoms with Gasteiger partial charge in [0, 0.05) is 6.54 Å². The lowest BCUT2D eigenvalue weighted by Gasteiger charge is -2.40. The Morgan fingerprint density at radius 2 is 2.11 bits per heavy atom.